The lowest BCUT2D eigenvalue weighted by Gasteiger charge is -2.28. The van der Waals surface area contributed by atoms with Gasteiger partial charge in [0, 0.05) is 14.1 Å². The molecule has 1 N–H and O–H groups in total. The Morgan fingerprint density at radius 2 is 2.11 bits per heavy atom. The topological polar surface area (TPSA) is 122 Å². The third kappa shape index (κ3) is 2.51. The fourth-order valence-electron chi connectivity index (χ4n) is 3.83. The summed E-state index contributed by atoms with van der Waals surface area (Å²) < 4.78 is 19.3. The zero-order valence-electron chi connectivity index (χ0n) is 16.0. The summed E-state index contributed by atoms with van der Waals surface area (Å²) in [6.07, 6.45) is -0.869. The quantitative estimate of drug-likeness (QED) is 0.785. The number of amides is 1. The second-order valence-corrected chi connectivity index (χ2v) is 7.53. The van der Waals surface area contributed by atoms with Crippen LogP contribution in [0.1, 0.15) is 30.0 Å². The van der Waals surface area contributed by atoms with E-state index in [1.807, 2.05) is 0 Å². The molecule has 4 atom stereocenters. The summed E-state index contributed by atoms with van der Waals surface area (Å²) in [7, 11) is 3.26. The van der Waals surface area contributed by atoms with E-state index in [2.05, 4.69) is 16.2 Å². The van der Waals surface area contributed by atoms with Gasteiger partial charge in [-0.05, 0) is 26.0 Å². The van der Waals surface area contributed by atoms with Gasteiger partial charge in [0.2, 0.25) is 5.60 Å². The molecule has 28 heavy (non-hydrogen) atoms. The standard InChI is InChI=1S/C18H21N5O5/c1-17(2)27-14-11(7-24)26-18(8-19,15(14)28-17)12-6-5-10-13(16(25)22(3)4)20-9-21-23(10)12/h5-6,9,11,14-15,24H,7H2,1-4H3/t11?,14-,15-,18+/m1/s1. The maximum atomic E-state index is 12.5. The van der Waals surface area contributed by atoms with Crippen molar-refractivity contribution >= 4 is 11.4 Å². The van der Waals surface area contributed by atoms with E-state index in [9.17, 15) is 15.2 Å². The molecule has 0 spiro atoms. The summed E-state index contributed by atoms with van der Waals surface area (Å²) >= 11 is 0. The predicted octanol–water partition coefficient (Wildman–Crippen LogP) is 0.0612. The summed E-state index contributed by atoms with van der Waals surface area (Å²) in [6, 6.07) is 5.52. The summed E-state index contributed by atoms with van der Waals surface area (Å²) in [5.74, 6) is -1.22. The van der Waals surface area contributed by atoms with Crippen LogP contribution in [-0.4, -0.2) is 75.3 Å². The zero-order chi connectivity index (χ0) is 20.3. The first kappa shape index (κ1) is 18.8. The summed E-state index contributed by atoms with van der Waals surface area (Å²) in [6.45, 7) is 3.16. The lowest BCUT2D eigenvalue weighted by Crippen LogP contribution is -2.40. The number of hydrogen-bond donors (Lipinski definition) is 1. The van der Waals surface area contributed by atoms with Gasteiger partial charge in [-0.2, -0.15) is 10.4 Å². The smallest absolute Gasteiger partial charge is 0.274 e. The molecule has 10 heteroatoms. The van der Waals surface area contributed by atoms with Crippen LogP contribution in [0.3, 0.4) is 0 Å². The minimum atomic E-state index is -1.56. The maximum Gasteiger partial charge on any atom is 0.274 e. The average molecular weight is 387 g/mol. The second kappa shape index (κ2) is 6.22. The van der Waals surface area contributed by atoms with Crippen LogP contribution in [0.25, 0.3) is 5.52 Å². The lowest BCUT2D eigenvalue weighted by atomic mass is 9.92. The average Bonchev–Trinajstić information content (AvgIpc) is 3.30. The van der Waals surface area contributed by atoms with E-state index in [-0.39, 0.29) is 18.2 Å². The van der Waals surface area contributed by atoms with Gasteiger partial charge in [-0.1, -0.05) is 0 Å². The molecule has 0 bridgehead atoms. The molecule has 0 saturated carbocycles. The molecule has 2 aromatic heterocycles. The molecule has 1 amide bonds. The van der Waals surface area contributed by atoms with Crippen molar-refractivity contribution < 1.29 is 24.1 Å². The monoisotopic (exact) mass is 387 g/mol. The third-order valence-electron chi connectivity index (χ3n) is 5.02. The molecule has 2 aliphatic rings. The van der Waals surface area contributed by atoms with E-state index in [1.54, 1.807) is 40.1 Å². The summed E-state index contributed by atoms with van der Waals surface area (Å²) in [4.78, 5) is 18.0. The highest BCUT2D eigenvalue weighted by Crippen LogP contribution is 2.49. The molecule has 2 saturated heterocycles. The van der Waals surface area contributed by atoms with Crippen molar-refractivity contribution in [3.8, 4) is 6.07 Å². The van der Waals surface area contributed by atoms with E-state index in [4.69, 9.17) is 14.2 Å². The number of carbonyl (C=O) groups excluding carboxylic acids is 1. The first-order valence-electron chi connectivity index (χ1n) is 8.84. The van der Waals surface area contributed by atoms with Crippen molar-refractivity contribution in [1.82, 2.24) is 19.5 Å². The molecule has 1 unspecified atom stereocenters. The van der Waals surface area contributed by atoms with Crippen molar-refractivity contribution in [3.63, 3.8) is 0 Å². The maximum absolute atomic E-state index is 12.5. The normalized spacial score (nSPS) is 30.9. The molecule has 2 fully saturated rings. The molecule has 4 heterocycles. The van der Waals surface area contributed by atoms with Gasteiger partial charge >= 0.3 is 0 Å². The van der Waals surface area contributed by atoms with Gasteiger partial charge in [-0.25, -0.2) is 9.50 Å². The molecule has 2 aliphatic heterocycles. The lowest BCUT2D eigenvalue weighted by molar-refractivity contribution is -0.204. The minimum absolute atomic E-state index is 0.205. The molecule has 10 nitrogen and oxygen atoms in total. The Balaban J connectivity index is 1.88. The summed E-state index contributed by atoms with van der Waals surface area (Å²) in [5.41, 5.74) is -0.536. The van der Waals surface area contributed by atoms with Crippen molar-refractivity contribution in [3.05, 3.63) is 29.8 Å². The van der Waals surface area contributed by atoms with Crippen LogP contribution >= 0.6 is 0 Å². The Bertz CT molecular complexity index is 980. The second-order valence-electron chi connectivity index (χ2n) is 7.53. The SMILES string of the molecule is CN(C)C(=O)c1ncnn2c([C@]3(C#N)OC(CO)[C@H]4OC(C)(C)O[C@H]43)ccc12. The molecule has 0 aromatic carbocycles. The van der Waals surface area contributed by atoms with Crippen molar-refractivity contribution in [2.24, 2.45) is 0 Å². The highest BCUT2D eigenvalue weighted by Gasteiger charge is 2.65. The van der Waals surface area contributed by atoms with Crippen molar-refractivity contribution in [2.45, 2.75) is 43.5 Å². The van der Waals surface area contributed by atoms with Gasteiger partial charge in [-0.3, -0.25) is 4.79 Å². The molecule has 148 valence electrons. The van der Waals surface area contributed by atoms with Crippen LogP contribution < -0.4 is 0 Å². The molecule has 2 aromatic rings. The van der Waals surface area contributed by atoms with Crippen molar-refractivity contribution in [2.75, 3.05) is 20.7 Å². The van der Waals surface area contributed by atoms with Crippen LogP contribution in [-0.2, 0) is 19.8 Å². The number of aromatic nitrogens is 3. The van der Waals surface area contributed by atoms with Crippen LogP contribution in [0.4, 0.5) is 0 Å². The van der Waals surface area contributed by atoms with Crippen LogP contribution in [0.15, 0.2) is 18.5 Å². The summed E-state index contributed by atoms with van der Waals surface area (Å²) in [5, 5.41) is 24.1. The first-order chi connectivity index (χ1) is 13.2. The van der Waals surface area contributed by atoms with Gasteiger partial charge in [0.05, 0.1) is 17.8 Å². The van der Waals surface area contributed by atoms with E-state index in [0.29, 0.717) is 11.2 Å². The van der Waals surface area contributed by atoms with Crippen LogP contribution in [0.2, 0.25) is 0 Å². The number of ether oxygens (including phenoxy) is 3. The van der Waals surface area contributed by atoms with Gasteiger partial charge in [0.15, 0.2) is 11.5 Å². The third-order valence-corrected chi connectivity index (χ3v) is 5.02. The number of aliphatic hydroxyl groups is 1. The van der Waals surface area contributed by atoms with Gasteiger partial charge in [-0.15, -0.1) is 0 Å². The number of nitrogens with zero attached hydrogens (tertiary/aromatic N) is 5. The molecular formula is C18H21N5O5. The van der Waals surface area contributed by atoms with Crippen LogP contribution in [0, 0.1) is 11.3 Å². The zero-order valence-corrected chi connectivity index (χ0v) is 16.0. The largest absolute Gasteiger partial charge is 0.394 e. The Morgan fingerprint density at radius 3 is 2.75 bits per heavy atom. The van der Waals surface area contributed by atoms with E-state index in [0.717, 1.165) is 0 Å². The molecule has 4 rings (SSSR count). The van der Waals surface area contributed by atoms with Crippen molar-refractivity contribution in [1.29, 1.82) is 5.26 Å². The van der Waals surface area contributed by atoms with E-state index >= 15 is 0 Å². The number of hydrogen-bond acceptors (Lipinski definition) is 8. The fraction of sp³-hybridized carbons (Fsp3) is 0.556. The predicted molar refractivity (Wildman–Crippen MR) is 94.1 cm³/mol. The number of nitriles is 1. The Kier molecular flexibility index (Phi) is 4.17. The van der Waals surface area contributed by atoms with Gasteiger partial charge in [0.25, 0.3) is 5.91 Å². The van der Waals surface area contributed by atoms with E-state index < -0.39 is 29.7 Å². The van der Waals surface area contributed by atoms with Crippen LogP contribution in [0.5, 0.6) is 0 Å². The minimum Gasteiger partial charge on any atom is -0.394 e. The highest BCUT2D eigenvalue weighted by molar-refractivity contribution is 5.98. The number of aliphatic hydroxyl groups excluding tert-OH is 1. The Labute approximate surface area is 161 Å². The van der Waals surface area contributed by atoms with E-state index in [1.165, 1.54) is 15.7 Å². The van der Waals surface area contributed by atoms with Gasteiger partial charge in [0.1, 0.15) is 30.7 Å². The van der Waals surface area contributed by atoms with Gasteiger partial charge < -0.3 is 24.2 Å². The first-order valence-corrected chi connectivity index (χ1v) is 8.84. The Morgan fingerprint density at radius 1 is 1.36 bits per heavy atom. The molecule has 0 aliphatic carbocycles. The fourth-order valence-corrected chi connectivity index (χ4v) is 3.83. The number of rotatable bonds is 3. The highest BCUT2D eigenvalue weighted by atomic mass is 16.8. The number of fused-ring (bicyclic) bond motifs is 2. The number of carbonyl (C=O) groups is 1. The molecule has 0 radical (unpaired) electrons. The Hall–Kier alpha value is -2.58. The molecular weight excluding hydrogens is 366 g/mol.